The molecule has 6 nitrogen and oxygen atoms in total. The Kier molecular flexibility index (Phi) is 8.65. The average Bonchev–Trinajstić information content (AvgIpc) is 3.02. The predicted octanol–water partition coefficient (Wildman–Crippen LogP) is 3.41. The number of rotatable bonds is 7. The van der Waals surface area contributed by atoms with E-state index in [2.05, 4.69) is 39.7 Å². The molecule has 1 aromatic heterocycles. The van der Waals surface area contributed by atoms with Gasteiger partial charge in [-0.15, -0.1) is 24.0 Å². The van der Waals surface area contributed by atoms with Gasteiger partial charge in [-0.1, -0.05) is 30.3 Å². The van der Waals surface area contributed by atoms with Crippen molar-refractivity contribution < 1.29 is 12.8 Å². The summed E-state index contributed by atoms with van der Waals surface area (Å²) < 4.78 is 38.4. The van der Waals surface area contributed by atoms with E-state index in [1.54, 1.807) is 7.05 Å². The number of aromatic amines is 1. The van der Waals surface area contributed by atoms with Crippen molar-refractivity contribution in [2.24, 2.45) is 4.99 Å². The van der Waals surface area contributed by atoms with Crippen LogP contribution in [0.2, 0.25) is 0 Å². The molecule has 0 bridgehead atoms. The third-order valence-electron chi connectivity index (χ3n) is 4.75. The van der Waals surface area contributed by atoms with Gasteiger partial charge in [-0.25, -0.2) is 12.8 Å². The molecule has 0 unspecified atom stereocenters. The standard InChI is InChI=1S/C21H25FN4O2S.HI/c1-15-16(17-7-3-5-9-19(17)26-15)11-12-24-21(23-2)25-13-14-29(27,28)20-10-6-4-8-18(20)22;/h3-10,26H,11-14H2,1-2H3,(H2,23,24,25);1H. The van der Waals surface area contributed by atoms with Crippen molar-refractivity contribution in [3.8, 4) is 0 Å². The number of halogens is 2. The van der Waals surface area contributed by atoms with Crippen molar-refractivity contribution in [3.63, 3.8) is 0 Å². The van der Waals surface area contributed by atoms with Crippen LogP contribution in [0.25, 0.3) is 10.9 Å². The molecule has 3 rings (SSSR count). The minimum Gasteiger partial charge on any atom is -0.358 e. The fraction of sp³-hybridized carbons (Fsp3) is 0.286. The number of H-pyrrole nitrogens is 1. The Morgan fingerprint density at radius 2 is 1.73 bits per heavy atom. The van der Waals surface area contributed by atoms with Crippen LogP contribution in [0.15, 0.2) is 58.4 Å². The van der Waals surface area contributed by atoms with Gasteiger partial charge in [0.1, 0.15) is 10.7 Å². The Labute approximate surface area is 193 Å². The summed E-state index contributed by atoms with van der Waals surface area (Å²) in [6.07, 6.45) is 0.796. The Balaban J connectivity index is 0.00000320. The highest BCUT2D eigenvalue weighted by Crippen LogP contribution is 2.21. The van der Waals surface area contributed by atoms with E-state index in [0.29, 0.717) is 12.5 Å². The smallest absolute Gasteiger partial charge is 0.191 e. The van der Waals surface area contributed by atoms with Crippen LogP contribution in [0.4, 0.5) is 4.39 Å². The number of aromatic nitrogens is 1. The molecule has 0 fully saturated rings. The summed E-state index contributed by atoms with van der Waals surface area (Å²) in [5.74, 6) is -0.453. The first-order valence-electron chi connectivity index (χ1n) is 9.40. The van der Waals surface area contributed by atoms with Crippen LogP contribution in [-0.2, 0) is 16.3 Å². The number of guanidine groups is 1. The zero-order valence-corrected chi connectivity index (χ0v) is 20.1. The first kappa shape index (κ1) is 24.1. The zero-order valence-electron chi connectivity index (χ0n) is 16.9. The minimum atomic E-state index is -3.71. The molecule has 9 heteroatoms. The molecule has 3 N–H and O–H groups in total. The first-order valence-corrected chi connectivity index (χ1v) is 11.1. The summed E-state index contributed by atoms with van der Waals surface area (Å²) >= 11 is 0. The van der Waals surface area contributed by atoms with Crippen LogP contribution in [0, 0.1) is 12.7 Å². The number of sulfone groups is 1. The first-order chi connectivity index (χ1) is 13.9. The molecule has 2 aromatic carbocycles. The Morgan fingerprint density at radius 1 is 1.07 bits per heavy atom. The number of fused-ring (bicyclic) bond motifs is 1. The van der Waals surface area contributed by atoms with Gasteiger partial charge in [0.15, 0.2) is 15.8 Å². The van der Waals surface area contributed by atoms with Crippen LogP contribution in [0.5, 0.6) is 0 Å². The summed E-state index contributed by atoms with van der Waals surface area (Å²) in [5.41, 5.74) is 3.48. The lowest BCUT2D eigenvalue weighted by Gasteiger charge is -2.12. The lowest BCUT2D eigenvalue weighted by Crippen LogP contribution is -2.40. The number of benzene rings is 2. The zero-order chi connectivity index (χ0) is 20.9. The number of nitrogens with zero attached hydrogens (tertiary/aromatic N) is 1. The maximum absolute atomic E-state index is 13.7. The predicted molar refractivity (Wildman–Crippen MR) is 130 cm³/mol. The van der Waals surface area contributed by atoms with Gasteiger partial charge < -0.3 is 15.6 Å². The molecule has 0 saturated heterocycles. The highest BCUT2D eigenvalue weighted by atomic mass is 127. The largest absolute Gasteiger partial charge is 0.358 e. The summed E-state index contributed by atoms with van der Waals surface area (Å²) in [6, 6.07) is 13.6. The van der Waals surface area contributed by atoms with Crippen LogP contribution >= 0.6 is 24.0 Å². The monoisotopic (exact) mass is 544 g/mol. The lowest BCUT2D eigenvalue weighted by molar-refractivity contribution is 0.566. The lowest BCUT2D eigenvalue weighted by atomic mass is 10.1. The molecule has 3 aromatic rings. The molecule has 0 radical (unpaired) electrons. The summed E-state index contributed by atoms with van der Waals surface area (Å²) in [5, 5.41) is 7.37. The van der Waals surface area contributed by atoms with Crippen molar-refractivity contribution in [3.05, 3.63) is 65.6 Å². The van der Waals surface area contributed by atoms with Gasteiger partial charge in [-0.05, 0) is 37.1 Å². The third kappa shape index (κ3) is 5.72. The second-order valence-electron chi connectivity index (χ2n) is 6.70. The molecule has 30 heavy (non-hydrogen) atoms. The highest BCUT2D eigenvalue weighted by Gasteiger charge is 2.18. The van der Waals surface area contributed by atoms with E-state index in [0.717, 1.165) is 23.7 Å². The van der Waals surface area contributed by atoms with Gasteiger partial charge >= 0.3 is 0 Å². The molecule has 0 spiro atoms. The van der Waals surface area contributed by atoms with Gasteiger partial charge in [-0.2, -0.15) is 0 Å². The average molecular weight is 544 g/mol. The van der Waals surface area contributed by atoms with E-state index in [4.69, 9.17) is 0 Å². The summed E-state index contributed by atoms with van der Waals surface area (Å²) in [7, 11) is -2.08. The second kappa shape index (κ2) is 10.8. The Morgan fingerprint density at radius 3 is 2.47 bits per heavy atom. The number of aliphatic imine (C=N–C) groups is 1. The van der Waals surface area contributed by atoms with Gasteiger partial charge in [0, 0.05) is 36.7 Å². The summed E-state index contributed by atoms with van der Waals surface area (Å²) in [6.45, 7) is 2.82. The van der Waals surface area contributed by atoms with E-state index in [1.807, 2.05) is 12.1 Å². The van der Waals surface area contributed by atoms with E-state index < -0.39 is 15.7 Å². The topological polar surface area (TPSA) is 86.3 Å². The molecule has 1 heterocycles. The van der Waals surface area contributed by atoms with Gasteiger partial charge in [-0.3, -0.25) is 4.99 Å². The van der Waals surface area contributed by atoms with Crippen LogP contribution < -0.4 is 10.6 Å². The van der Waals surface area contributed by atoms with Crippen LogP contribution in [0.1, 0.15) is 11.3 Å². The van der Waals surface area contributed by atoms with Crippen molar-refractivity contribution in [2.45, 2.75) is 18.2 Å². The summed E-state index contributed by atoms with van der Waals surface area (Å²) in [4.78, 5) is 7.22. The van der Waals surface area contributed by atoms with Crippen molar-refractivity contribution in [1.82, 2.24) is 15.6 Å². The number of aryl methyl sites for hydroxylation is 1. The van der Waals surface area contributed by atoms with E-state index in [1.165, 1.54) is 29.1 Å². The number of nitrogens with one attached hydrogen (secondary N) is 3. The molecule has 0 aliphatic rings. The molecule has 0 atom stereocenters. The van der Waals surface area contributed by atoms with Crippen LogP contribution in [0.3, 0.4) is 0 Å². The van der Waals surface area contributed by atoms with Gasteiger partial charge in [0.25, 0.3) is 0 Å². The third-order valence-corrected chi connectivity index (χ3v) is 6.50. The fourth-order valence-corrected chi connectivity index (χ4v) is 4.54. The Hall–Kier alpha value is -2.14. The number of hydrogen-bond acceptors (Lipinski definition) is 3. The van der Waals surface area contributed by atoms with Crippen molar-refractivity contribution in [2.75, 3.05) is 25.9 Å². The van der Waals surface area contributed by atoms with E-state index >= 15 is 0 Å². The number of hydrogen-bond donors (Lipinski definition) is 3. The Bertz CT molecular complexity index is 1130. The molecular formula is C21H26FIN4O2S. The van der Waals surface area contributed by atoms with E-state index in [-0.39, 0.29) is 41.2 Å². The maximum atomic E-state index is 13.7. The van der Waals surface area contributed by atoms with Crippen molar-refractivity contribution >= 4 is 50.7 Å². The number of para-hydroxylation sites is 1. The maximum Gasteiger partial charge on any atom is 0.191 e. The minimum absolute atomic E-state index is 0. The molecule has 0 amide bonds. The molecule has 162 valence electrons. The molecular weight excluding hydrogens is 518 g/mol. The quantitative estimate of drug-likeness (QED) is 0.242. The fourth-order valence-electron chi connectivity index (χ4n) is 3.29. The van der Waals surface area contributed by atoms with E-state index in [9.17, 15) is 12.8 Å². The van der Waals surface area contributed by atoms with Gasteiger partial charge in [0.2, 0.25) is 0 Å². The normalized spacial score (nSPS) is 11.9. The SMILES string of the molecule is CN=C(NCCc1c(C)[nH]c2ccccc12)NCCS(=O)(=O)c1ccccc1F.I. The second-order valence-corrected chi connectivity index (χ2v) is 8.78. The van der Waals surface area contributed by atoms with Crippen molar-refractivity contribution in [1.29, 1.82) is 0 Å². The van der Waals surface area contributed by atoms with Crippen LogP contribution in [-0.4, -0.2) is 45.3 Å². The molecule has 0 aliphatic heterocycles. The molecule has 0 saturated carbocycles. The highest BCUT2D eigenvalue weighted by molar-refractivity contribution is 14.0. The van der Waals surface area contributed by atoms with Gasteiger partial charge in [0.05, 0.1) is 5.75 Å². The molecule has 0 aliphatic carbocycles.